The molecule has 3 atom stereocenters. The van der Waals surface area contributed by atoms with E-state index in [1.54, 1.807) is 14.2 Å². The van der Waals surface area contributed by atoms with Gasteiger partial charge in [-0.15, -0.1) is 0 Å². The van der Waals surface area contributed by atoms with Crippen molar-refractivity contribution in [3.8, 4) is 11.5 Å². The fourth-order valence-corrected chi connectivity index (χ4v) is 6.32. The number of unbranched alkanes of at least 4 members (excludes halogenated alkanes) is 3. The van der Waals surface area contributed by atoms with Crippen molar-refractivity contribution in [2.45, 2.75) is 68.9 Å². The van der Waals surface area contributed by atoms with Gasteiger partial charge in [0, 0.05) is 31.8 Å². The molecule has 3 aromatic carbocycles. The zero-order chi connectivity index (χ0) is 37.3. The molecule has 52 heavy (non-hydrogen) atoms. The standard InChI is InChI=1S/C38H42F3N3O8/c1-49-29-16-12-27(13-17-29)37(26-10-6-5-7-11-26,28-14-18-30(50-2)19-15-28)51-25-32-31(45)24-34(52-32)44-23-20-33(46)43(36(44)48)22-9-4-3-8-21-42-35(47)38(39,40)41/h5-7,10-20,23,31-32,34,45H,3-4,8-9,21-22,24-25H2,1-2H3,(H,42,47)/t31?,32-,34-/m0/s1. The largest absolute Gasteiger partial charge is 0.497 e. The minimum atomic E-state index is -4.93. The lowest BCUT2D eigenvalue weighted by atomic mass is 9.80. The van der Waals surface area contributed by atoms with Crippen LogP contribution in [0.15, 0.2) is 101 Å². The van der Waals surface area contributed by atoms with Crippen molar-refractivity contribution in [2.75, 3.05) is 27.4 Å². The van der Waals surface area contributed by atoms with Gasteiger partial charge in [-0.1, -0.05) is 67.4 Å². The molecule has 1 amide bonds. The zero-order valence-corrected chi connectivity index (χ0v) is 28.9. The Kier molecular flexibility index (Phi) is 12.6. The predicted octanol–water partition coefficient (Wildman–Crippen LogP) is 4.92. The number of alkyl halides is 3. The minimum absolute atomic E-state index is 0.0670. The SMILES string of the molecule is COc1ccc(C(OC[C@@H]2O[C@H](n3ccc(=O)n(CCCCCCNC(=O)C(F)(F)F)c3=O)CC2O)(c2ccccc2)c2ccc(OC)cc2)cc1. The Bertz CT molecular complexity index is 1830. The van der Waals surface area contributed by atoms with E-state index < -0.39 is 47.4 Å². The molecule has 1 aliphatic heterocycles. The van der Waals surface area contributed by atoms with Crippen LogP contribution in [-0.4, -0.2) is 65.9 Å². The van der Waals surface area contributed by atoms with Gasteiger partial charge in [-0.25, -0.2) is 4.79 Å². The maximum absolute atomic E-state index is 13.5. The molecule has 278 valence electrons. The van der Waals surface area contributed by atoms with Gasteiger partial charge >= 0.3 is 17.8 Å². The molecule has 0 aliphatic carbocycles. The van der Waals surface area contributed by atoms with E-state index >= 15 is 0 Å². The summed E-state index contributed by atoms with van der Waals surface area (Å²) in [5, 5.41) is 13.0. The van der Waals surface area contributed by atoms with Crippen molar-refractivity contribution in [2.24, 2.45) is 0 Å². The highest BCUT2D eigenvalue weighted by Gasteiger charge is 2.42. The first kappa shape index (κ1) is 38.3. The van der Waals surface area contributed by atoms with E-state index in [0.29, 0.717) is 37.2 Å². The van der Waals surface area contributed by atoms with Crippen LogP contribution >= 0.6 is 0 Å². The average molecular weight is 726 g/mol. The van der Waals surface area contributed by atoms with Gasteiger partial charge in [-0.05, 0) is 53.8 Å². The molecular formula is C38H42F3N3O8. The maximum atomic E-state index is 13.5. The van der Waals surface area contributed by atoms with Gasteiger partial charge in [0.15, 0.2) is 0 Å². The summed E-state index contributed by atoms with van der Waals surface area (Å²) in [6, 6.07) is 25.9. The second-order valence-corrected chi connectivity index (χ2v) is 12.4. The number of halogens is 3. The second kappa shape index (κ2) is 17.1. The zero-order valence-electron chi connectivity index (χ0n) is 28.9. The van der Waals surface area contributed by atoms with Crippen LogP contribution in [0.1, 0.15) is 55.0 Å². The molecule has 1 unspecified atom stereocenters. The molecule has 0 spiro atoms. The molecule has 1 fully saturated rings. The number of methoxy groups -OCH3 is 2. The first-order valence-electron chi connectivity index (χ1n) is 17.0. The van der Waals surface area contributed by atoms with Crippen molar-refractivity contribution in [3.63, 3.8) is 0 Å². The van der Waals surface area contributed by atoms with Crippen molar-refractivity contribution in [1.82, 2.24) is 14.5 Å². The lowest BCUT2D eigenvalue weighted by molar-refractivity contribution is -0.173. The van der Waals surface area contributed by atoms with Crippen molar-refractivity contribution < 1.29 is 42.0 Å². The smallest absolute Gasteiger partial charge is 0.471 e. The molecule has 0 bridgehead atoms. The van der Waals surface area contributed by atoms with E-state index in [1.165, 1.54) is 16.8 Å². The summed E-state index contributed by atoms with van der Waals surface area (Å²) in [6.07, 6.45) is -4.50. The van der Waals surface area contributed by atoms with Crippen LogP contribution in [0.2, 0.25) is 0 Å². The molecule has 4 aromatic rings. The van der Waals surface area contributed by atoms with Gasteiger partial charge < -0.3 is 29.4 Å². The first-order valence-corrected chi connectivity index (χ1v) is 17.0. The van der Waals surface area contributed by atoms with Gasteiger partial charge in [-0.3, -0.25) is 18.7 Å². The van der Waals surface area contributed by atoms with E-state index in [0.717, 1.165) is 21.3 Å². The number of nitrogens with zero attached hydrogens (tertiary/aromatic N) is 2. The molecular weight excluding hydrogens is 683 g/mol. The normalized spacial score (nSPS) is 17.5. The molecule has 14 heteroatoms. The molecule has 1 saturated heterocycles. The van der Waals surface area contributed by atoms with Crippen LogP contribution < -0.4 is 26.0 Å². The Morgan fingerprint density at radius 3 is 2.00 bits per heavy atom. The topological polar surface area (TPSA) is 130 Å². The average Bonchev–Trinajstić information content (AvgIpc) is 3.52. The Balaban J connectivity index is 1.32. The van der Waals surface area contributed by atoms with Gasteiger partial charge in [0.05, 0.1) is 26.9 Å². The van der Waals surface area contributed by atoms with Gasteiger partial charge in [0.1, 0.15) is 29.4 Å². The molecule has 0 radical (unpaired) electrons. The number of rotatable bonds is 16. The van der Waals surface area contributed by atoms with E-state index in [9.17, 15) is 32.7 Å². The lowest BCUT2D eigenvalue weighted by Gasteiger charge is -2.37. The van der Waals surface area contributed by atoms with E-state index in [-0.39, 0.29) is 26.1 Å². The third-order valence-electron chi connectivity index (χ3n) is 9.10. The summed E-state index contributed by atoms with van der Waals surface area (Å²) >= 11 is 0. The summed E-state index contributed by atoms with van der Waals surface area (Å²) in [6.45, 7) is -0.115. The van der Waals surface area contributed by atoms with Crippen LogP contribution in [0.25, 0.3) is 0 Å². The number of aromatic nitrogens is 2. The predicted molar refractivity (Wildman–Crippen MR) is 185 cm³/mol. The number of carbonyl (C=O) groups is 1. The number of aliphatic hydroxyl groups is 1. The number of ether oxygens (including phenoxy) is 4. The van der Waals surface area contributed by atoms with Crippen LogP contribution in [-0.2, 0) is 26.4 Å². The summed E-state index contributed by atoms with van der Waals surface area (Å²) < 4.78 is 63.3. The quantitative estimate of drug-likeness (QED) is 0.123. The van der Waals surface area contributed by atoms with Crippen LogP contribution in [0.3, 0.4) is 0 Å². The van der Waals surface area contributed by atoms with Crippen LogP contribution in [0.4, 0.5) is 13.2 Å². The van der Waals surface area contributed by atoms with Crippen molar-refractivity contribution in [1.29, 1.82) is 0 Å². The maximum Gasteiger partial charge on any atom is 0.471 e. The van der Waals surface area contributed by atoms with Crippen molar-refractivity contribution in [3.05, 3.63) is 129 Å². The Morgan fingerprint density at radius 2 is 1.42 bits per heavy atom. The van der Waals surface area contributed by atoms with Crippen LogP contribution in [0, 0.1) is 0 Å². The Morgan fingerprint density at radius 1 is 0.846 bits per heavy atom. The summed E-state index contributed by atoms with van der Waals surface area (Å²) in [7, 11) is 3.18. The van der Waals surface area contributed by atoms with E-state index in [4.69, 9.17) is 18.9 Å². The number of hydrogen-bond donors (Lipinski definition) is 2. The number of aliphatic hydroxyl groups excluding tert-OH is 1. The third-order valence-corrected chi connectivity index (χ3v) is 9.10. The molecule has 11 nitrogen and oxygen atoms in total. The van der Waals surface area contributed by atoms with Gasteiger partial charge in [0.25, 0.3) is 5.56 Å². The fraction of sp³-hybridized carbons (Fsp3) is 0.395. The van der Waals surface area contributed by atoms with Crippen LogP contribution in [0.5, 0.6) is 11.5 Å². The van der Waals surface area contributed by atoms with Gasteiger partial charge in [-0.2, -0.15) is 13.2 Å². The van der Waals surface area contributed by atoms with E-state index in [2.05, 4.69) is 0 Å². The highest BCUT2D eigenvalue weighted by Crippen LogP contribution is 2.42. The van der Waals surface area contributed by atoms with Crippen molar-refractivity contribution >= 4 is 5.91 Å². The molecule has 1 aromatic heterocycles. The number of amides is 1. The second-order valence-electron chi connectivity index (χ2n) is 12.4. The summed E-state index contributed by atoms with van der Waals surface area (Å²) in [5.74, 6) is -0.652. The lowest BCUT2D eigenvalue weighted by Crippen LogP contribution is -2.40. The van der Waals surface area contributed by atoms with E-state index in [1.807, 2.05) is 84.2 Å². The molecule has 1 aliphatic rings. The number of carbonyl (C=O) groups excluding carboxylic acids is 1. The Hall–Kier alpha value is -4.92. The molecule has 5 rings (SSSR count). The third kappa shape index (κ3) is 8.75. The first-order chi connectivity index (χ1) is 25.0. The number of hydrogen-bond acceptors (Lipinski definition) is 8. The molecule has 2 N–H and O–H groups in total. The highest BCUT2D eigenvalue weighted by atomic mass is 19.4. The fourth-order valence-electron chi connectivity index (χ4n) is 6.32. The number of benzene rings is 3. The summed E-state index contributed by atoms with van der Waals surface area (Å²) in [4.78, 5) is 37.0. The number of nitrogens with one attached hydrogen (secondary N) is 1. The molecule has 0 saturated carbocycles. The minimum Gasteiger partial charge on any atom is -0.497 e. The monoisotopic (exact) mass is 725 g/mol. The molecule has 2 heterocycles. The highest BCUT2D eigenvalue weighted by molar-refractivity contribution is 5.81. The Labute approximate surface area is 298 Å². The van der Waals surface area contributed by atoms with Gasteiger partial charge in [0.2, 0.25) is 0 Å². The summed E-state index contributed by atoms with van der Waals surface area (Å²) in [5.41, 5.74) is 0.131.